The fourth-order valence-electron chi connectivity index (χ4n) is 4.69. The molecule has 3 rings (SSSR count). The Morgan fingerprint density at radius 3 is 2.48 bits per heavy atom. The van der Waals surface area contributed by atoms with Crippen LogP contribution in [0.1, 0.15) is 55.9 Å². The molecule has 1 aliphatic rings. The summed E-state index contributed by atoms with van der Waals surface area (Å²) in [5.41, 5.74) is 1.02. The molecule has 0 aliphatic carbocycles. The second-order valence-corrected chi connectivity index (χ2v) is 17.1. The summed E-state index contributed by atoms with van der Waals surface area (Å²) in [4.78, 5) is 40.7. The van der Waals surface area contributed by atoms with Gasteiger partial charge in [0.05, 0.1) is 18.1 Å². The highest BCUT2D eigenvalue weighted by molar-refractivity contribution is 6.74. The van der Waals surface area contributed by atoms with Crippen molar-refractivity contribution in [1.29, 1.82) is 0 Å². The molecular formula is C30H42ClN3O5Si. The van der Waals surface area contributed by atoms with Gasteiger partial charge in [0.25, 0.3) is 0 Å². The summed E-state index contributed by atoms with van der Waals surface area (Å²) >= 11 is 6.43. The van der Waals surface area contributed by atoms with Crippen LogP contribution in [0.5, 0.6) is 0 Å². The second kappa shape index (κ2) is 12.8. The van der Waals surface area contributed by atoms with E-state index >= 15 is 0 Å². The SMILES string of the molecule is C=CCOC(=O)C(Cl)N1C(=O)[C@H]([C@@H](C)O[Si](C)(C)C(C)(C)C)[C@H]1CC(=O)c1cc(C)n(CCc2ccccc2)n1. The molecule has 218 valence electrons. The molecule has 1 aliphatic heterocycles. The zero-order chi connectivity index (χ0) is 29.8. The van der Waals surface area contributed by atoms with Crippen LogP contribution in [0, 0.1) is 12.8 Å². The summed E-state index contributed by atoms with van der Waals surface area (Å²) in [7, 11) is -2.21. The standard InChI is InChI=1S/C30H42ClN3O5Si/c1-9-17-38-29(37)27(31)34-24(26(28(34)36)21(3)39-40(7,8)30(4,5)6)19-25(35)23-18-20(2)33(32-23)16-15-22-13-11-10-12-14-22/h9-14,18,21,24,26-27H,1,15-17,19H2,2-8H3/t21-,24-,26-,27?/m1/s1. The number of benzene rings is 1. The quantitative estimate of drug-likeness (QED) is 0.0581. The molecule has 10 heteroatoms. The Kier molecular flexibility index (Phi) is 10.2. The molecular weight excluding hydrogens is 546 g/mol. The number of hydrogen-bond acceptors (Lipinski definition) is 6. The summed E-state index contributed by atoms with van der Waals surface area (Å²) in [6.07, 6.45) is 1.72. The largest absolute Gasteiger partial charge is 0.459 e. The molecule has 2 heterocycles. The molecule has 0 N–H and O–H groups in total. The van der Waals surface area contributed by atoms with E-state index in [-0.39, 0.29) is 29.8 Å². The molecule has 1 saturated heterocycles. The summed E-state index contributed by atoms with van der Waals surface area (Å²) in [5.74, 6) is -1.93. The lowest BCUT2D eigenvalue weighted by Crippen LogP contribution is -2.69. The van der Waals surface area contributed by atoms with E-state index in [4.69, 9.17) is 20.8 Å². The van der Waals surface area contributed by atoms with Crippen LogP contribution in [0.3, 0.4) is 0 Å². The number of amides is 1. The van der Waals surface area contributed by atoms with E-state index in [0.717, 1.165) is 12.1 Å². The van der Waals surface area contributed by atoms with Crippen molar-refractivity contribution in [2.45, 2.75) is 89.8 Å². The molecule has 1 aromatic heterocycles. The van der Waals surface area contributed by atoms with Crippen LogP contribution in [-0.2, 0) is 31.7 Å². The van der Waals surface area contributed by atoms with Gasteiger partial charge in [0, 0.05) is 18.7 Å². The lowest BCUT2D eigenvalue weighted by molar-refractivity contribution is -0.172. The molecule has 1 aromatic carbocycles. The van der Waals surface area contributed by atoms with E-state index < -0.39 is 37.9 Å². The number of halogens is 1. The molecule has 1 unspecified atom stereocenters. The number of rotatable bonds is 13. The molecule has 2 aromatic rings. The van der Waals surface area contributed by atoms with Crippen molar-refractivity contribution in [3.05, 3.63) is 66.0 Å². The number of likely N-dealkylation sites (tertiary alicyclic amines) is 1. The number of carbonyl (C=O) groups is 3. The van der Waals surface area contributed by atoms with Gasteiger partial charge in [-0.15, -0.1) is 0 Å². The van der Waals surface area contributed by atoms with E-state index in [1.807, 2.05) is 36.7 Å². The molecule has 1 amide bonds. The number of hydrogen-bond donors (Lipinski definition) is 0. The van der Waals surface area contributed by atoms with E-state index in [1.165, 1.54) is 16.5 Å². The van der Waals surface area contributed by atoms with E-state index in [2.05, 4.69) is 57.7 Å². The molecule has 0 spiro atoms. The van der Waals surface area contributed by atoms with Crippen molar-refractivity contribution in [3.63, 3.8) is 0 Å². The topological polar surface area (TPSA) is 90.7 Å². The third-order valence-electron chi connectivity index (χ3n) is 8.00. The lowest BCUT2D eigenvalue weighted by Gasteiger charge is -2.52. The maximum atomic E-state index is 13.5. The normalized spacial score (nSPS) is 19.1. The minimum Gasteiger partial charge on any atom is -0.459 e. The average molecular weight is 588 g/mol. The molecule has 1 fully saturated rings. The first-order valence-electron chi connectivity index (χ1n) is 13.7. The Balaban J connectivity index is 1.80. The number of β-lactam (4-membered cyclic amide) rings is 1. The third kappa shape index (κ3) is 7.11. The molecule has 4 atom stereocenters. The van der Waals surface area contributed by atoms with Crippen LogP contribution in [0.4, 0.5) is 0 Å². The van der Waals surface area contributed by atoms with Crippen molar-refractivity contribution < 1.29 is 23.5 Å². The smallest absolute Gasteiger partial charge is 0.344 e. The fourth-order valence-corrected chi connectivity index (χ4v) is 6.43. The molecule has 40 heavy (non-hydrogen) atoms. The first kappa shape index (κ1) is 31.8. The zero-order valence-corrected chi connectivity index (χ0v) is 26.4. The monoisotopic (exact) mass is 587 g/mol. The summed E-state index contributed by atoms with van der Waals surface area (Å²) in [5, 5.41) is 4.50. The maximum absolute atomic E-state index is 13.5. The van der Waals surface area contributed by atoms with Gasteiger partial charge in [-0.05, 0) is 50.0 Å². The summed E-state index contributed by atoms with van der Waals surface area (Å²) < 4.78 is 13.4. The van der Waals surface area contributed by atoms with Crippen LogP contribution in [0.25, 0.3) is 0 Å². The van der Waals surface area contributed by atoms with E-state index in [1.54, 1.807) is 6.07 Å². The van der Waals surface area contributed by atoms with Gasteiger partial charge in [-0.1, -0.05) is 75.4 Å². The van der Waals surface area contributed by atoms with E-state index in [0.29, 0.717) is 12.2 Å². The predicted molar refractivity (Wildman–Crippen MR) is 159 cm³/mol. The van der Waals surface area contributed by atoms with Crippen LogP contribution >= 0.6 is 11.6 Å². The number of Topliss-reactive ketones (excluding diaryl/α,β-unsaturated/α-hetero) is 1. The number of nitrogens with zero attached hydrogens (tertiary/aromatic N) is 3. The van der Waals surface area contributed by atoms with Crippen molar-refractivity contribution in [2.75, 3.05) is 6.61 Å². The van der Waals surface area contributed by atoms with Crippen LogP contribution < -0.4 is 0 Å². The van der Waals surface area contributed by atoms with Gasteiger partial charge in [-0.3, -0.25) is 14.3 Å². The predicted octanol–water partition coefficient (Wildman–Crippen LogP) is 5.54. The minimum atomic E-state index is -2.21. The van der Waals surface area contributed by atoms with Crippen LogP contribution in [0.2, 0.25) is 18.1 Å². The number of alkyl halides is 1. The number of aromatic nitrogens is 2. The summed E-state index contributed by atoms with van der Waals surface area (Å²) in [6.45, 7) is 18.5. The minimum absolute atomic E-state index is 0.0261. The van der Waals surface area contributed by atoms with Gasteiger partial charge >= 0.3 is 5.97 Å². The number of esters is 1. The molecule has 0 radical (unpaired) electrons. The van der Waals surface area contributed by atoms with Gasteiger partial charge in [0.1, 0.15) is 12.3 Å². The zero-order valence-electron chi connectivity index (χ0n) is 24.6. The number of ketones is 1. The molecule has 0 saturated carbocycles. The Hall–Kier alpha value is -2.75. The highest BCUT2D eigenvalue weighted by atomic mass is 35.5. The average Bonchev–Trinajstić information content (AvgIpc) is 3.25. The van der Waals surface area contributed by atoms with Gasteiger partial charge in [0.2, 0.25) is 11.4 Å². The number of aryl methyl sites for hydroxylation is 3. The summed E-state index contributed by atoms with van der Waals surface area (Å²) in [6, 6.07) is 11.2. The van der Waals surface area contributed by atoms with Gasteiger partial charge in [-0.2, -0.15) is 5.10 Å². The number of ether oxygens (including phenoxy) is 1. The first-order valence-corrected chi connectivity index (χ1v) is 17.1. The number of carbonyl (C=O) groups excluding carboxylic acids is 3. The Morgan fingerprint density at radius 2 is 1.88 bits per heavy atom. The molecule has 0 bridgehead atoms. The highest BCUT2D eigenvalue weighted by Gasteiger charge is 2.56. The first-order chi connectivity index (χ1) is 18.7. The Bertz CT molecular complexity index is 1220. The van der Waals surface area contributed by atoms with Crippen molar-refractivity contribution >= 4 is 37.6 Å². The lowest BCUT2D eigenvalue weighted by atomic mass is 9.80. The van der Waals surface area contributed by atoms with Gasteiger partial charge < -0.3 is 14.1 Å². The van der Waals surface area contributed by atoms with E-state index in [9.17, 15) is 14.4 Å². The highest BCUT2D eigenvalue weighted by Crippen LogP contribution is 2.42. The second-order valence-electron chi connectivity index (χ2n) is 11.9. The van der Waals surface area contributed by atoms with Crippen molar-refractivity contribution in [2.24, 2.45) is 5.92 Å². The molecule has 8 nitrogen and oxygen atoms in total. The van der Waals surface area contributed by atoms with Crippen LogP contribution in [0.15, 0.2) is 49.1 Å². The fraction of sp³-hybridized carbons (Fsp3) is 0.533. The Labute approximate surface area is 243 Å². The Morgan fingerprint density at radius 1 is 1.23 bits per heavy atom. The third-order valence-corrected chi connectivity index (χ3v) is 13.0. The van der Waals surface area contributed by atoms with Gasteiger partial charge in [0.15, 0.2) is 14.1 Å². The maximum Gasteiger partial charge on any atom is 0.344 e. The van der Waals surface area contributed by atoms with Crippen molar-refractivity contribution in [3.8, 4) is 0 Å². The van der Waals surface area contributed by atoms with Crippen LogP contribution in [-0.4, -0.2) is 64.9 Å². The van der Waals surface area contributed by atoms with Gasteiger partial charge in [-0.25, -0.2) is 4.79 Å². The van der Waals surface area contributed by atoms with Crippen molar-refractivity contribution in [1.82, 2.24) is 14.7 Å².